The average molecular weight is 408 g/mol. The van der Waals surface area contributed by atoms with Crippen molar-refractivity contribution in [2.45, 2.75) is 30.8 Å². The first-order chi connectivity index (χ1) is 14.1. The molecule has 0 amide bonds. The quantitative estimate of drug-likeness (QED) is 0.592. The van der Waals surface area contributed by atoms with Gasteiger partial charge in [-0.25, -0.2) is 13.4 Å². The standard InChI is InChI=1S/C23H25N3O2S/c27-29(28,26-15-7-8-16-26)22-13-14-23(24-17-22)25(18-20-9-3-1-4-10-20)19-21-11-5-2-6-12-21/h1-6,9-14,17H,7-8,15-16,18-19H2. The Bertz CT molecular complexity index is 975. The van der Waals surface area contributed by atoms with Gasteiger partial charge in [0.25, 0.3) is 0 Å². The number of benzene rings is 2. The van der Waals surface area contributed by atoms with Crippen LogP contribution in [0.5, 0.6) is 0 Å². The van der Waals surface area contributed by atoms with E-state index in [1.54, 1.807) is 10.4 Å². The number of sulfonamides is 1. The number of nitrogens with zero attached hydrogens (tertiary/aromatic N) is 3. The molecule has 1 aliphatic heterocycles. The van der Waals surface area contributed by atoms with E-state index < -0.39 is 10.0 Å². The summed E-state index contributed by atoms with van der Waals surface area (Å²) >= 11 is 0. The zero-order valence-corrected chi connectivity index (χ0v) is 17.1. The zero-order valence-electron chi connectivity index (χ0n) is 16.3. The van der Waals surface area contributed by atoms with Crippen LogP contribution in [0.1, 0.15) is 24.0 Å². The Hall–Kier alpha value is -2.70. The molecule has 0 unspecified atom stereocenters. The summed E-state index contributed by atoms with van der Waals surface area (Å²) < 4.78 is 27.1. The fourth-order valence-electron chi connectivity index (χ4n) is 3.62. The molecule has 1 saturated heterocycles. The molecule has 4 rings (SSSR count). The van der Waals surface area contributed by atoms with Gasteiger partial charge in [-0.05, 0) is 36.1 Å². The van der Waals surface area contributed by atoms with Crippen molar-refractivity contribution >= 4 is 15.8 Å². The van der Waals surface area contributed by atoms with Crippen LogP contribution >= 0.6 is 0 Å². The van der Waals surface area contributed by atoms with E-state index in [9.17, 15) is 8.42 Å². The fourth-order valence-corrected chi connectivity index (χ4v) is 5.08. The van der Waals surface area contributed by atoms with Gasteiger partial charge in [0.05, 0.1) is 0 Å². The maximum Gasteiger partial charge on any atom is 0.244 e. The molecule has 1 fully saturated rings. The van der Waals surface area contributed by atoms with E-state index in [1.165, 1.54) is 17.3 Å². The first-order valence-electron chi connectivity index (χ1n) is 9.92. The molecule has 29 heavy (non-hydrogen) atoms. The van der Waals surface area contributed by atoms with Crippen molar-refractivity contribution in [1.82, 2.24) is 9.29 Å². The van der Waals surface area contributed by atoms with Crippen molar-refractivity contribution in [3.8, 4) is 0 Å². The summed E-state index contributed by atoms with van der Waals surface area (Å²) in [7, 11) is -3.45. The van der Waals surface area contributed by atoms with E-state index in [0.29, 0.717) is 26.2 Å². The lowest BCUT2D eigenvalue weighted by Gasteiger charge is -2.24. The lowest BCUT2D eigenvalue weighted by Crippen LogP contribution is -2.28. The molecule has 0 bridgehead atoms. The van der Waals surface area contributed by atoms with E-state index >= 15 is 0 Å². The maximum atomic E-state index is 12.8. The predicted molar refractivity (Wildman–Crippen MR) is 115 cm³/mol. The number of anilines is 1. The topological polar surface area (TPSA) is 53.5 Å². The van der Waals surface area contributed by atoms with Gasteiger partial charge in [-0.2, -0.15) is 4.31 Å². The van der Waals surface area contributed by atoms with Gasteiger partial charge in [0.15, 0.2) is 0 Å². The highest BCUT2D eigenvalue weighted by molar-refractivity contribution is 7.89. The Labute approximate surface area is 172 Å². The largest absolute Gasteiger partial charge is 0.348 e. The number of pyridine rings is 1. The lowest BCUT2D eigenvalue weighted by atomic mass is 10.1. The Morgan fingerprint density at radius 2 is 1.34 bits per heavy atom. The SMILES string of the molecule is O=S(=O)(c1ccc(N(Cc2ccccc2)Cc2ccccc2)nc1)N1CCCC1. The Kier molecular flexibility index (Phi) is 5.92. The minimum atomic E-state index is -3.45. The van der Waals surface area contributed by atoms with Crippen molar-refractivity contribution in [1.29, 1.82) is 0 Å². The molecule has 2 heterocycles. The highest BCUT2D eigenvalue weighted by atomic mass is 32.2. The third-order valence-electron chi connectivity index (χ3n) is 5.18. The molecule has 5 nitrogen and oxygen atoms in total. The van der Waals surface area contributed by atoms with Crippen LogP contribution in [0.25, 0.3) is 0 Å². The van der Waals surface area contributed by atoms with Crippen molar-refractivity contribution in [2.75, 3.05) is 18.0 Å². The van der Waals surface area contributed by atoms with Crippen LogP contribution in [-0.4, -0.2) is 30.8 Å². The molecule has 0 radical (unpaired) electrons. The van der Waals surface area contributed by atoms with Gasteiger partial charge >= 0.3 is 0 Å². The van der Waals surface area contributed by atoms with Gasteiger partial charge in [0.1, 0.15) is 10.7 Å². The molecular weight excluding hydrogens is 382 g/mol. The average Bonchev–Trinajstić information content (AvgIpc) is 3.31. The van der Waals surface area contributed by atoms with Gasteiger partial charge in [-0.3, -0.25) is 0 Å². The maximum absolute atomic E-state index is 12.8. The van der Waals surface area contributed by atoms with Crippen LogP contribution in [0.4, 0.5) is 5.82 Å². The molecule has 3 aromatic rings. The minimum absolute atomic E-state index is 0.266. The van der Waals surface area contributed by atoms with E-state index in [-0.39, 0.29) is 4.90 Å². The summed E-state index contributed by atoms with van der Waals surface area (Å²) in [4.78, 5) is 6.96. The third kappa shape index (κ3) is 4.66. The van der Waals surface area contributed by atoms with Gasteiger partial charge < -0.3 is 4.90 Å². The van der Waals surface area contributed by atoms with Crippen LogP contribution in [0.3, 0.4) is 0 Å². The van der Waals surface area contributed by atoms with Crippen LogP contribution in [-0.2, 0) is 23.1 Å². The monoisotopic (exact) mass is 407 g/mol. The fraction of sp³-hybridized carbons (Fsp3) is 0.261. The van der Waals surface area contributed by atoms with Gasteiger partial charge in [0.2, 0.25) is 10.0 Å². The third-order valence-corrected chi connectivity index (χ3v) is 7.06. The second-order valence-corrected chi connectivity index (χ2v) is 9.23. The number of rotatable bonds is 7. The van der Waals surface area contributed by atoms with Crippen molar-refractivity contribution in [2.24, 2.45) is 0 Å². The van der Waals surface area contributed by atoms with Crippen molar-refractivity contribution in [3.63, 3.8) is 0 Å². The van der Waals surface area contributed by atoms with E-state index in [1.807, 2.05) is 42.5 Å². The summed E-state index contributed by atoms with van der Waals surface area (Å²) in [6.07, 6.45) is 3.34. The summed E-state index contributed by atoms with van der Waals surface area (Å²) in [5, 5.41) is 0. The van der Waals surface area contributed by atoms with Crippen molar-refractivity contribution in [3.05, 3.63) is 90.1 Å². The summed E-state index contributed by atoms with van der Waals surface area (Å²) in [6, 6.07) is 23.9. The normalized spacial score (nSPS) is 14.8. The molecule has 1 aromatic heterocycles. The van der Waals surface area contributed by atoms with Gasteiger partial charge in [0, 0.05) is 32.4 Å². The first kappa shape index (κ1) is 19.6. The molecular formula is C23H25N3O2S. The highest BCUT2D eigenvalue weighted by Crippen LogP contribution is 2.23. The van der Waals surface area contributed by atoms with Crippen LogP contribution in [0.2, 0.25) is 0 Å². The summed E-state index contributed by atoms with van der Waals surface area (Å²) in [5.74, 6) is 0.762. The Morgan fingerprint density at radius 3 is 1.83 bits per heavy atom. The molecule has 2 aromatic carbocycles. The molecule has 0 spiro atoms. The van der Waals surface area contributed by atoms with E-state index in [4.69, 9.17) is 0 Å². The Balaban J connectivity index is 1.59. The molecule has 1 aliphatic rings. The van der Waals surface area contributed by atoms with E-state index in [2.05, 4.69) is 34.1 Å². The molecule has 0 atom stereocenters. The highest BCUT2D eigenvalue weighted by Gasteiger charge is 2.27. The van der Waals surface area contributed by atoms with Gasteiger partial charge in [-0.15, -0.1) is 0 Å². The molecule has 0 N–H and O–H groups in total. The van der Waals surface area contributed by atoms with Crippen molar-refractivity contribution < 1.29 is 8.42 Å². The second-order valence-electron chi connectivity index (χ2n) is 7.29. The molecule has 6 heteroatoms. The lowest BCUT2D eigenvalue weighted by molar-refractivity contribution is 0.477. The first-order valence-corrected chi connectivity index (χ1v) is 11.4. The Morgan fingerprint density at radius 1 is 0.793 bits per heavy atom. The number of hydrogen-bond acceptors (Lipinski definition) is 4. The smallest absolute Gasteiger partial charge is 0.244 e. The molecule has 0 saturated carbocycles. The van der Waals surface area contributed by atoms with Gasteiger partial charge in [-0.1, -0.05) is 60.7 Å². The molecule has 150 valence electrons. The van der Waals surface area contributed by atoms with Crippen LogP contribution in [0.15, 0.2) is 83.9 Å². The number of aromatic nitrogens is 1. The van der Waals surface area contributed by atoms with Crippen LogP contribution in [0, 0.1) is 0 Å². The summed E-state index contributed by atoms with van der Waals surface area (Å²) in [6.45, 7) is 2.58. The minimum Gasteiger partial charge on any atom is -0.348 e. The van der Waals surface area contributed by atoms with E-state index in [0.717, 1.165) is 18.7 Å². The molecule has 0 aliphatic carbocycles. The van der Waals surface area contributed by atoms with Crippen LogP contribution < -0.4 is 4.90 Å². The number of hydrogen-bond donors (Lipinski definition) is 0. The summed E-state index contributed by atoms with van der Waals surface area (Å²) in [5.41, 5.74) is 2.36. The zero-order chi connectivity index (χ0) is 20.1. The second kappa shape index (κ2) is 8.76. The predicted octanol–water partition coefficient (Wildman–Crippen LogP) is 4.07.